The van der Waals surface area contributed by atoms with E-state index < -0.39 is 0 Å². The number of thiazole rings is 1. The van der Waals surface area contributed by atoms with Crippen LogP contribution in [-0.4, -0.2) is 35.7 Å². The number of aliphatic imine (C=N–C) groups is 1. The van der Waals surface area contributed by atoms with Gasteiger partial charge in [0.2, 0.25) is 0 Å². The number of nitrogens with one attached hydrogen (secondary N) is 2. The van der Waals surface area contributed by atoms with Gasteiger partial charge < -0.3 is 15.7 Å². The van der Waals surface area contributed by atoms with E-state index in [-0.39, 0.29) is 36.0 Å². The van der Waals surface area contributed by atoms with Gasteiger partial charge in [0, 0.05) is 23.9 Å². The molecule has 134 valence electrons. The molecule has 23 heavy (non-hydrogen) atoms. The summed E-state index contributed by atoms with van der Waals surface area (Å²) in [7, 11) is 0. The second-order valence-corrected chi connectivity index (χ2v) is 7.13. The molecule has 0 aliphatic heterocycles. The Morgan fingerprint density at radius 3 is 2.57 bits per heavy atom. The van der Waals surface area contributed by atoms with E-state index >= 15 is 0 Å². The van der Waals surface area contributed by atoms with E-state index in [1.807, 2.05) is 6.92 Å². The summed E-state index contributed by atoms with van der Waals surface area (Å²) in [5.74, 6) is 1.23. The highest BCUT2D eigenvalue weighted by Crippen LogP contribution is 2.19. The van der Waals surface area contributed by atoms with Crippen LogP contribution >= 0.6 is 35.3 Å². The molecular formula is C16H31IN4OS. The molecule has 0 saturated heterocycles. The maximum Gasteiger partial charge on any atom is 0.191 e. The molecule has 0 radical (unpaired) electrons. The summed E-state index contributed by atoms with van der Waals surface area (Å²) in [6.07, 6.45) is 0.917. The van der Waals surface area contributed by atoms with Crippen molar-refractivity contribution in [2.75, 3.05) is 19.7 Å². The highest BCUT2D eigenvalue weighted by atomic mass is 127. The number of aliphatic hydroxyl groups excluding tert-OH is 1. The van der Waals surface area contributed by atoms with Gasteiger partial charge in [-0.1, -0.05) is 27.7 Å². The Hall–Kier alpha value is -0.410. The fourth-order valence-electron chi connectivity index (χ4n) is 1.74. The first-order chi connectivity index (χ1) is 10.4. The molecule has 1 rings (SSSR count). The van der Waals surface area contributed by atoms with Crippen LogP contribution in [-0.2, 0) is 6.54 Å². The molecule has 1 aromatic rings. The lowest BCUT2D eigenvalue weighted by Crippen LogP contribution is -2.43. The molecule has 0 bridgehead atoms. The average Bonchev–Trinajstić information content (AvgIpc) is 2.99. The predicted octanol–water partition coefficient (Wildman–Crippen LogP) is 3.35. The molecule has 5 nitrogen and oxygen atoms in total. The fourth-order valence-corrected chi connectivity index (χ4v) is 2.62. The molecule has 1 unspecified atom stereocenters. The summed E-state index contributed by atoms with van der Waals surface area (Å²) in [4.78, 5) is 9.19. The molecule has 7 heteroatoms. The van der Waals surface area contributed by atoms with Gasteiger partial charge in [0.15, 0.2) is 5.96 Å². The smallest absolute Gasteiger partial charge is 0.191 e. The lowest BCUT2D eigenvalue weighted by Gasteiger charge is -2.26. The maximum atomic E-state index is 9.48. The molecule has 0 fully saturated rings. The fraction of sp³-hybridized carbons (Fsp3) is 0.750. The summed E-state index contributed by atoms with van der Waals surface area (Å²) < 4.78 is 0. The second-order valence-electron chi connectivity index (χ2n) is 6.19. The van der Waals surface area contributed by atoms with Crippen molar-refractivity contribution in [3.8, 4) is 0 Å². The normalized spacial score (nSPS) is 14.3. The molecule has 3 N–H and O–H groups in total. The lowest BCUT2D eigenvalue weighted by atomic mass is 9.89. The van der Waals surface area contributed by atoms with Crippen LogP contribution < -0.4 is 10.6 Å². The Kier molecular flexibility index (Phi) is 11.0. The molecule has 1 atom stereocenters. The Bertz CT molecular complexity index is 472. The lowest BCUT2D eigenvalue weighted by molar-refractivity contribution is 0.140. The van der Waals surface area contributed by atoms with Gasteiger partial charge in [-0.3, -0.25) is 0 Å². The first kappa shape index (κ1) is 22.6. The summed E-state index contributed by atoms with van der Waals surface area (Å²) in [6.45, 7) is 12.7. The number of nitrogens with zero attached hydrogens (tertiary/aromatic N) is 2. The van der Waals surface area contributed by atoms with Crippen molar-refractivity contribution in [2.24, 2.45) is 10.4 Å². The van der Waals surface area contributed by atoms with Crippen molar-refractivity contribution in [2.45, 2.75) is 53.5 Å². The zero-order valence-electron chi connectivity index (χ0n) is 14.8. The van der Waals surface area contributed by atoms with Crippen molar-refractivity contribution in [3.05, 3.63) is 16.1 Å². The van der Waals surface area contributed by atoms with E-state index in [9.17, 15) is 5.11 Å². The van der Waals surface area contributed by atoms with Crippen LogP contribution in [0.2, 0.25) is 0 Å². The number of aliphatic hydroxyl groups is 1. The first-order valence-electron chi connectivity index (χ1n) is 8.01. The molecule has 0 amide bonds. The van der Waals surface area contributed by atoms with E-state index in [2.05, 4.69) is 53.7 Å². The summed E-state index contributed by atoms with van der Waals surface area (Å²) >= 11 is 1.66. The number of rotatable bonds is 8. The first-order valence-corrected chi connectivity index (χ1v) is 8.89. The largest absolute Gasteiger partial charge is 0.396 e. The molecule has 0 aliphatic rings. The minimum absolute atomic E-state index is 0. The number of halogens is 1. The number of aromatic nitrogens is 1. The van der Waals surface area contributed by atoms with Crippen molar-refractivity contribution in [1.82, 2.24) is 15.6 Å². The summed E-state index contributed by atoms with van der Waals surface area (Å²) in [5, 5.41) is 19.2. The van der Waals surface area contributed by atoms with Crippen LogP contribution in [0.3, 0.4) is 0 Å². The molecule has 1 aromatic heterocycles. The Morgan fingerprint density at radius 2 is 2.09 bits per heavy atom. The zero-order chi connectivity index (χ0) is 16.6. The van der Waals surface area contributed by atoms with Gasteiger partial charge in [-0.25, -0.2) is 9.98 Å². The topological polar surface area (TPSA) is 69.5 Å². The van der Waals surface area contributed by atoms with E-state index in [1.165, 1.54) is 0 Å². The van der Waals surface area contributed by atoms with E-state index in [0.717, 1.165) is 29.6 Å². The van der Waals surface area contributed by atoms with Crippen LogP contribution in [0.25, 0.3) is 0 Å². The Morgan fingerprint density at radius 1 is 1.39 bits per heavy atom. The van der Waals surface area contributed by atoms with Gasteiger partial charge in [-0.2, -0.15) is 0 Å². The minimum Gasteiger partial charge on any atom is -0.396 e. The van der Waals surface area contributed by atoms with Crippen LogP contribution in [0.15, 0.2) is 10.4 Å². The molecule has 0 spiro atoms. The monoisotopic (exact) mass is 454 g/mol. The molecule has 0 aliphatic carbocycles. The standard InChI is InChI=1S/C16H30N4OS.HI/c1-6-16(5,11-21)10-19-15(17-7-2)18-8-14-20-13(9-22-14)12(3)4;/h9,12,21H,6-8,10-11H2,1-5H3,(H2,17,18,19);1H. The van der Waals surface area contributed by atoms with Crippen LogP contribution in [0.5, 0.6) is 0 Å². The molecule has 0 aromatic carbocycles. The van der Waals surface area contributed by atoms with Crippen molar-refractivity contribution in [3.63, 3.8) is 0 Å². The summed E-state index contributed by atoms with van der Waals surface area (Å²) in [6, 6.07) is 0. The predicted molar refractivity (Wildman–Crippen MR) is 110 cm³/mol. The van der Waals surface area contributed by atoms with E-state index in [0.29, 0.717) is 19.0 Å². The van der Waals surface area contributed by atoms with Crippen molar-refractivity contribution >= 4 is 41.3 Å². The number of hydrogen-bond acceptors (Lipinski definition) is 4. The average molecular weight is 454 g/mol. The van der Waals surface area contributed by atoms with E-state index in [4.69, 9.17) is 0 Å². The molecule has 1 heterocycles. The van der Waals surface area contributed by atoms with Gasteiger partial charge in [0.05, 0.1) is 18.8 Å². The van der Waals surface area contributed by atoms with Crippen LogP contribution in [0, 0.1) is 5.41 Å². The third-order valence-corrected chi connectivity index (χ3v) is 4.65. The maximum absolute atomic E-state index is 9.48. The third-order valence-electron chi connectivity index (χ3n) is 3.80. The number of hydrogen-bond donors (Lipinski definition) is 3. The van der Waals surface area contributed by atoms with E-state index in [1.54, 1.807) is 11.3 Å². The van der Waals surface area contributed by atoms with Crippen LogP contribution in [0.4, 0.5) is 0 Å². The minimum atomic E-state index is -0.123. The molecule has 0 saturated carbocycles. The van der Waals surface area contributed by atoms with Gasteiger partial charge in [0.1, 0.15) is 5.01 Å². The van der Waals surface area contributed by atoms with Gasteiger partial charge in [0.25, 0.3) is 0 Å². The third kappa shape index (κ3) is 7.80. The van der Waals surface area contributed by atoms with Gasteiger partial charge in [-0.05, 0) is 19.3 Å². The summed E-state index contributed by atoms with van der Waals surface area (Å²) in [5.41, 5.74) is 1.01. The highest BCUT2D eigenvalue weighted by molar-refractivity contribution is 14.0. The van der Waals surface area contributed by atoms with Crippen LogP contribution in [0.1, 0.15) is 57.7 Å². The zero-order valence-corrected chi connectivity index (χ0v) is 18.0. The number of guanidine groups is 1. The van der Waals surface area contributed by atoms with Crippen molar-refractivity contribution in [1.29, 1.82) is 0 Å². The highest BCUT2D eigenvalue weighted by Gasteiger charge is 2.21. The van der Waals surface area contributed by atoms with Gasteiger partial charge in [-0.15, -0.1) is 35.3 Å². The SMILES string of the molecule is CCNC(=NCc1nc(C(C)C)cs1)NCC(C)(CC)CO.I. The van der Waals surface area contributed by atoms with Crippen molar-refractivity contribution < 1.29 is 5.11 Å². The quantitative estimate of drug-likeness (QED) is 0.320. The molecular weight excluding hydrogens is 423 g/mol. The Labute approximate surface area is 161 Å². The second kappa shape index (κ2) is 11.2. The Balaban J connectivity index is 0.00000484. The van der Waals surface area contributed by atoms with Gasteiger partial charge >= 0.3 is 0 Å².